The highest BCUT2D eigenvalue weighted by Gasteiger charge is 2.23. The minimum Gasteiger partial charge on any atom is -0.483 e. The molecule has 1 N–H and O–H groups in total. The second-order valence-electron chi connectivity index (χ2n) is 5.78. The smallest absolute Gasteiger partial charge is 0.260 e. The quantitative estimate of drug-likeness (QED) is 0.904. The molecule has 1 fully saturated rings. The summed E-state index contributed by atoms with van der Waals surface area (Å²) in [7, 11) is 0. The highest BCUT2D eigenvalue weighted by Crippen LogP contribution is 2.28. The minimum absolute atomic E-state index is 0. The van der Waals surface area contributed by atoms with E-state index in [1.54, 1.807) is 0 Å². The third-order valence-corrected chi connectivity index (χ3v) is 4.24. The molecule has 0 saturated carbocycles. The van der Waals surface area contributed by atoms with Crippen molar-refractivity contribution >= 4 is 18.3 Å². The molecule has 2 rings (SSSR count). The summed E-state index contributed by atoms with van der Waals surface area (Å²) in [6.45, 7) is 9.01. The number of benzene rings is 1. The van der Waals surface area contributed by atoms with Crippen molar-refractivity contribution in [1.29, 1.82) is 0 Å². The summed E-state index contributed by atoms with van der Waals surface area (Å²) in [5.41, 5.74) is 1.18. The number of halogens is 1. The number of ether oxygens (including phenoxy) is 1. The van der Waals surface area contributed by atoms with E-state index in [2.05, 4.69) is 32.2 Å². The van der Waals surface area contributed by atoms with Crippen molar-refractivity contribution < 1.29 is 9.53 Å². The van der Waals surface area contributed by atoms with Gasteiger partial charge in [-0.2, -0.15) is 0 Å². The van der Waals surface area contributed by atoms with Crippen molar-refractivity contribution in [2.75, 3.05) is 26.2 Å². The number of piperazine rings is 1. The number of hydrogen-bond donors (Lipinski definition) is 1. The van der Waals surface area contributed by atoms with Crippen molar-refractivity contribution in [2.45, 2.75) is 39.2 Å². The summed E-state index contributed by atoms with van der Waals surface area (Å²) in [6, 6.07) is 8.25. The number of para-hydroxylation sites is 1. The van der Waals surface area contributed by atoms with Gasteiger partial charge in [-0.15, -0.1) is 12.4 Å². The molecule has 0 spiro atoms. The Morgan fingerprint density at radius 3 is 2.86 bits per heavy atom. The van der Waals surface area contributed by atoms with Crippen molar-refractivity contribution in [3.8, 4) is 5.75 Å². The molecule has 1 aliphatic rings. The Bertz CT molecular complexity index is 481. The first-order chi connectivity index (χ1) is 10.1. The van der Waals surface area contributed by atoms with Crippen LogP contribution in [0.15, 0.2) is 24.3 Å². The van der Waals surface area contributed by atoms with Gasteiger partial charge in [0.25, 0.3) is 5.91 Å². The molecule has 2 atom stereocenters. The van der Waals surface area contributed by atoms with E-state index in [1.807, 2.05) is 23.1 Å². The van der Waals surface area contributed by atoms with Gasteiger partial charge in [-0.3, -0.25) is 4.79 Å². The molecule has 0 aromatic heterocycles. The van der Waals surface area contributed by atoms with E-state index in [9.17, 15) is 4.79 Å². The molecule has 0 radical (unpaired) electrons. The predicted octanol–water partition coefficient (Wildman–Crippen LogP) is 2.82. The first-order valence-electron chi connectivity index (χ1n) is 7.85. The summed E-state index contributed by atoms with van der Waals surface area (Å²) in [6.07, 6.45) is 1.06. The van der Waals surface area contributed by atoms with Crippen LogP contribution in [0.1, 0.15) is 38.7 Å². The lowest BCUT2D eigenvalue weighted by atomic mass is 9.98. The first-order valence-corrected chi connectivity index (χ1v) is 7.85. The van der Waals surface area contributed by atoms with Crippen LogP contribution in [-0.2, 0) is 4.79 Å². The maximum absolute atomic E-state index is 12.3. The Hall–Kier alpha value is -1.26. The number of amides is 1. The van der Waals surface area contributed by atoms with E-state index >= 15 is 0 Å². The summed E-state index contributed by atoms with van der Waals surface area (Å²) < 4.78 is 5.81. The van der Waals surface area contributed by atoms with Crippen LogP contribution in [0.4, 0.5) is 0 Å². The van der Waals surface area contributed by atoms with Gasteiger partial charge in [0, 0.05) is 25.7 Å². The molecule has 0 bridgehead atoms. The average molecular weight is 327 g/mol. The zero-order valence-electron chi connectivity index (χ0n) is 13.7. The van der Waals surface area contributed by atoms with Gasteiger partial charge in [0.2, 0.25) is 0 Å². The fourth-order valence-electron chi connectivity index (χ4n) is 2.67. The minimum atomic E-state index is 0. The second-order valence-corrected chi connectivity index (χ2v) is 5.78. The third-order valence-electron chi connectivity index (χ3n) is 4.24. The average Bonchev–Trinajstić information content (AvgIpc) is 2.52. The maximum Gasteiger partial charge on any atom is 0.260 e. The number of nitrogens with zero attached hydrogens (tertiary/aromatic N) is 1. The van der Waals surface area contributed by atoms with Crippen LogP contribution >= 0.6 is 12.4 Å². The molecular formula is C17H27ClN2O2. The van der Waals surface area contributed by atoms with Gasteiger partial charge >= 0.3 is 0 Å². The van der Waals surface area contributed by atoms with Gasteiger partial charge in [-0.1, -0.05) is 32.0 Å². The Labute approximate surface area is 139 Å². The van der Waals surface area contributed by atoms with Crippen molar-refractivity contribution in [2.24, 2.45) is 0 Å². The molecule has 1 saturated heterocycles. The van der Waals surface area contributed by atoms with Crippen LogP contribution in [0.5, 0.6) is 5.75 Å². The molecule has 22 heavy (non-hydrogen) atoms. The molecule has 4 nitrogen and oxygen atoms in total. The summed E-state index contributed by atoms with van der Waals surface area (Å²) in [5.74, 6) is 1.35. The highest BCUT2D eigenvalue weighted by atomic mass is 35.5. The lowest BCUT2D eigenvalue weighted by molar-refractivity contribution is -0.136. The highest BCUT2D eigenvalue weighted by molar-refractivity contribution is 5.85. The van der Waals surface area contributed by atoms with Crippen LogP contribution in [0.2, 0.25) is 0 Å². The number of hydrogen-bond acceptors (Lipinski definition) is 3. The lowest BCUT2D eigenvalue weighted by Gasteiger charge is -2.34. The van der Waals surface area contributed by atoms with Gasteiger partial charge in [-0.25, -0.2) is 0 Å². The number of carbonyl (C=O) groups is 1. The second kappa shape index (κ2) is 9.01. The summed E-state index contributed by atoms with van der Waals surface area (Å²) >= 11 is 0. The van der Waals surface area contributed by atoms with Gasteiger partial charge in [0.15, 0.2) is 6.61 Å². The molecule has 5 heteroatoms. The molecule has 124 valence electrons. The van der Waals surface area contributed by atoms with Crippen molar-refractivity contribution in [3.05, 3.63) is 29.8 Å². The van der Waals surface area contributed by atoms with E-state index < -0.39 is 0 Å². The fraction of sp³-hybridized carbons (Fsp3) is 0.588. The normalized spacial score (nSPS) is 19.2. The first kappa shape index (κ1) is 18.8. The van der Waals surface area contributed by atoms with Gasteiger partial charge in [0.1, 0.15) is 5.75 Å². The SMILES string of the molecule is CCC(C)c1ccccc1OCC(=O)N1CCNC[C@@H]1C.Cl. The van der Waals surface area contributed by atoms with Crippen LogP contribution in [0, 0.1) is 0 Å². The Morgan fingerprint density at radius 1 is 1.45 bits per heavy atom. The fourth-order valence-corrected chi connectivity index (χ4v) is 2.67. The zero-order valence-corrected chi connectivity index (χ0v) is 14.5. The predicted molar refractivity (Wildman–Crippen MR) is 91.9 cm³/mol. The molecule has 1 aromatic carbocycles. The summed E-state index contributed by atoms with van der Waals surface area (Å²) in [5, 5.41) is 3.29. The van der Waals surface area contributed by atoms with Gasteiger partial charge in [-0.05, 0) is 30.9 Å². The monoisotopic (exact) mass is 326 g/mol. The zero-order chi connectivity index (χ0) is 15.2. The maximum atomic E-state index is 12.3. The molecule has 0 aliphatic carbocycles. The summed E-state index contributed by atoms with van der Waals surface area (Å²) in [4.78, 5) is 14.2. The number of rotatable bonds is 5. The molecule has 1 aliphatic heterocycles. The molecular weight excluding hydrogens is 300 g/mol. The van der Waals surface area contributed by atoms with E-state index in [-0.39, 0.29) is 31.0 Å². The van der Waals surface area contributed by atoms with E-state index in [0.29, 0.717) is 5.92 Å². The van der Waals surface area contributed by atoms with E-state index in [0.717, 1.165) is 31.8 Å². The molecule has 1 amide bonds. The van der Waals surface area contributed by atoms with E-state index in [1.165, 1.54) is 5.56 Å². The van der Waals surface area contributed by atoms with Crippen LogP contribution in [0.25, 0.3) is 0 Å². The Morgan fingerprint density at radius 2 is 2.18 bits per heavy atom. The van der Waals surface area contributed by atoms with Crippen LogP contribution < -0.4 is 10.1 Å². The molecule has 1 heterocycles. The third kappa shape index (κ3) is 4.62. The Balaban J connectivity index is 0.00000242. The van der Waals surface area contributed by atoms with Crippen molar-refractivity contribution in [1.82, 2.24) is 10.2 Å². The van der Waals surface area contributed by atoms with Crippen LogP contribution in [0.3, 0.4) is 0 Å². The van der Waals surface area contributed by atoms with Gasteiger partial charge < -0.3 is 15.0 Å². The standard InChI is InChI=1S/C17H26N2O2.ClH/c1-4-13(2)15-7-5-6-8-16(15)21-12-17(20)19-10-9-18-11-14(19)3;/h5-8,13-14,18H,4,9-12H2,1-3H3;1H/t13?,14-;/m0./s1. The number of nitrogens with one attached hydrogen (secondary N) is 1. The number of carbonyl (C=O) groups excluding carboxylic acids is 1. The van der Waals surface area contributed by atoms with Crippen LogP contribution in [-0.4, -0.2) is 43.1 Å². The van der Waals surface area contributed by atoms with E-state index in [4.69, 9.17) is 4.74 Å². The lowest BCUT2D eigenvalue weighted by Crippen LogP contribution is -2.53. The molecule has 1 aromatic rings. The Kier molecular flexibility index (Phi) is 7.69. The van der Waals surface area contributed by atoms with Gasteiger partial charge in [0.05, 0.1) is 0 Å². The largest absolute Gasteiger partial charge is 0.483 e. The van der Waals surface area contributed by atoms with Crippen molar-refractivity contribution in [3.63, 3.8) is 0 Å². The molecule has 1 unspecified atom stereocenters. The topological polar surface area (TPSA) is 41.6 Å².